The van der Waals surface area contributed by atoms with Gasteiger partial charge in [0.25, 0.3) is 5.56 Å². The minimum Gasteiger partial charge on any atom is -0.405 e. The van der Waals surface area contributed by atoms with Gasteiger partial charge in [0.1, 0.15) is 0 Å². The Morgan fingerprint density at radius 2 is 2.26 bits per heavy atom. The topological polar surface area (TPSA) is 90.1 Å². The van der Waals surface area contributed by atoms with Gasteiger partial charge in [0.05, 0.1) is 5.69 Å². The van der Waals surface area contributed by atoms with E-state index in [1.165, 1.54) is 0 Å². The maximum Gasteiger partial charge on any atom is 0.419 e. The minimum absolute atomic E-state index is 0.158. The van der Waals surface area contributed by atoms with Gasteiger partial charge in [0.15, 0.2) is 17.3 Å². The molecule has 1 N–H and O–H groups in total. The molecule has 0 bridgehead atoms. The van der Waals surface area contributed by atoms with E-state index in [-0.39, 0.29) is 17.3 Å². The number of ether oxygens (including phenoxy) is 1. The van der Waals surface area contributed by atoms with Crippen LogP contribution in [0.4, 0.5) is 0 Å². The van der Waals surface area contributed by atoms with Crippen LogP contribution in [-0.4, -0.2) is 21.4 Å². The molecule has 1 unspecified atom stereocenters. The van der Waals surface area contributed by atoms with Crippen LogP contribution in [0.15, 0.2) is 14.0 Å². The first-order chi connectivity index (χ1) is 9.20. The predicted octanol–water partition coefficient (Wildman–Crippen LogP) is 0.939. The third-order valence-corrected chi connectivity index (χ3v) is 3.35. The van der Waals surface area contributed by atoms with Crippen molar-refractivity contribution in [1.29, 1.82) is 0 Å². The first-order valence-corrected chi connectivity index (χ1v) is 6.47. The predicted molar refractivity (Wildman–Crippen MR) is 67.1 cm³/mol. The van der Waals surface area contributed by atoms with Crippen LogP contribution in [0.1, 0.15) is 38.1 Å². The zero-order valence-electron chi connectivity index (χ0n) is 10.6. The van der Waals surface area contributed by atoms with Crippen LogP contribution in [-0.2, 0) is 11.2 Å². The van der Waals surface area contributed by atoms with Gasteiger partial charge in [-0.1, -0.05) is 6.92 Å². The molecular formula is C12H15N3O4. The number of H-pyrrole nitrogens is 1. The monoisotopic (exact) mass is 265 g/mol. The number of rotatable bonds is 2. The Balaban J connectivity index is 2.21. The molecule has 102 valence electrons. The number of hydrogen-bond acceptors (Lipinski definition) is 5. The standard InChI is InChI=1S/C12H15N3O4/c1-2-7-10-9(11(16)13-12(17)19-10)14-15(7)8-5-3-4-6-18-8/h8H,2-6H2,1H3,(H,13,16,17). The normalized spacial score (nSPS) is 19.9. The summed E-state index contributed by atoms with van der Waals surface area (Å²) in [6.07, 6.45) is 3.38. The Kier molecular flexibility index (Phi) is 2.98. The molecule has 1 fully saturated rings. The Bertz CT molecular complexity index is 706. The molecule has 0 aliphatic carbocycles. The van der Waals surface area contributed by atoms with Crippen molar-refractivity contribution in [3.63, 3.8) is 0 Å². The first-order valence-electron chi connectivity index (χ1n) is 6.47. The van der Waals surface area contributed by atoms with Gasteiger partial charge in [-0.15, -0.1) is 0 Å². The molecule has 1 saturated heterocycles. The average molecular weight is 265 g/mol. The van der Waals surface area contributed by atoms with Crippen LogP contribution in [0.3, 0.4) is 0 Å². The molecule has 0 saturated carbocycles. The van der Waals surface area contributed by atoms with E-state index >= 15 is 0 Å². The Morgan fingerprint density at radius 1 is 1.42 bits per heavy atom. The SMILES string of the molecule is CCc1c2oc(=O)[nH]c(=O)c2nn1C1CCCCO1. The van der Waals surface area contributed by atoms with E-state index in [2.05, 4.69) is 10.1 Å². The van der Waals surface area contributed by atoms with Crippen LogP contribution < -0.4 is 11.3 Å². The van der Waals surface area contributed by atoms with Crippen molar-refractivity contribution < 1.29 is 9.15 Å². The first kappa shape index (κ1) is 12.2. The summed E-state index contributed by atoms with van der Waals surface area (Å²) in [5.41, 5.74) is 0.636. The van der Waals surface area contributed by atoms with Gasteiger partial charge in [0.2, 0.25) is 0 Å². The smallest absolute Gasteiger partial charge is 0.405 e. The summed E-state index contributed by atoms with van der Waals surface area (Å²) in [6, 6.07) is 0. The van der Waals surface area contributed by atoms with Crippen molar-refractivity contribution in [3.05, 3.63) is 26.6 Å². The van der Waals surface area contributed by atoms with Crippen LogP contribution in [0.2, 0.25) is 0 Å². The lowest BCUT2D eigenvalue weighted by Gasteiger charge is -2.24. The molecule has 1 atom stereocenters. The van der Waals surface area contributed by atoms with E-state index in [1.807, 2.05) is 6.92 Å². The molecule has 2 aromatic heterocycles. The van der Waals surface area contributed by atoms with E-state index in [4.69, 9.17) is 9.15 Å². The summed E-state index contributed by atoms with van der Waals surface area (Å²) in [4.78, 5) is 25.1. The molecular weight excluding hydrogens is 250 g/mol. The van der Waals surface area contributed by atoms with Crippen LogP contribution >= 0.6 is 0 Å². The van der Waals surface area contributed by atoms with Gasteiger partial charge in [-0.05, 0) is 25.7 Å². The summed E-state index contributed by atoms with van der Waals surface area (Å²) in [6.45, 7) is 2.61. The van der Waals surface area contributed by atoms with Crippen LogP contribution in [0.5, 0.6) is 0 Å². The van der Waals surface area contributed by atoms with Gasteiger partial charge in [-0.25, -0.2) is 9.48 Å². The van der Waals surface area contributed by atoms with E-state index < -0.39 is 11.3 Å². The van der Waals surface area contributed by atoms with Gasteiger partial charge < -0.3 is 9.15 Å². The molecule has 0 spiro atoms. The maximum atomic E-state index is 11.7. The molecule has 19 heavy (non-hydrogen) atoms. The highest BCUT2D eigenvalue weighted by Gasteiger charge is 2.23. The van der Waals surface area contributed by atoms with Crippen molar-refractivity contribution in [2.45, 2.75) is 38.8 Å². The zero-order chi connectivity index (χ0) is 13.4. The van der Waals surface area contributed by atoms with Crippen molar-refractivity contribution in [1.82, 2.24) is 14.8 Å². The minimum atomic E-state index is -0.753. The molecule has 3 rings (SSSR count). The van der Waals surface area contributed by atoms with Crippen molar-refractivity contribution in [2.24, 2.45) is 0 Å². The molecule has 1 aliphatic heterocycles. The molecule has 7 nitrogen and oxygen atoms in total. The van der Waals surface area contributed by atoms with E-state index in [0.717, 1.165) is 25.0 Å². The molecule has 3 heterocycles. The van der Waals surface area contributed by atoms with Gasteiger partial charge in [0, 0.05) is 6.61 Å². The maximum absolute atomic E-state index is 11.7. The molecule has 2 aromatic rings. The van der Waals surface area contributed by atoms with Crippen LogP contribution in [0, 0.1) is 0 Å². The van der Waals surface area contributed by atoms with E-state index in [0.29, 0.717) is 13.0 Å². The summed E-state index contributed by atoms with van der Waals surface area (Å²) in [5, 5.41) is 4.26. The van der Waals surface area contributed by atoms with Crippen molar-refractivity contribution in [3.8, 4) is 0 Å². The van der Waals surface area contributed by atoms with E-state index in [9.17, 15) is 9.59 Å². The lowest BCUT2D eigenvalue weighted by molar-refractivity contribution is -0.0406. The molecule has 7 heteroatoms. The zero-order valence-corrected chi connectivity index (χ0v) is 10.6. The van der Waals surface area contributed by atoms with Gasteiger partial charge in [-0.2, -0.15) is 5.10 Å². The second kappa shape index (κ2) is 4.65. The quantitative estimate of drug-likeness (QED) is 0.872. The number of fused-ring (bicyclic) bond motifs is 1. The third-order valence-electron chi connectivity index (χ3n) is 3.35. The summed E-state index contributed by atoms with van der Waals surface area (Å²) < 4.78 is 12.4. The molecule has 1 aliphatic rings. The van der Waals surface area contributed by atoms with Gasteiger partial charge in [-0.3, -0.25) is 9.78 Å². The number of hydrogen-bond donors (Lipinski definition) is 1. The van der Waals surface area contributed by atoms with Crippen molar-refractivity contribution >= 4 is 11.1 Å². The molecule has 0 amide bonds. The Labute approximate surface area is 108 Å². The number of nitrogens with one attached hydrogen (secondary N) is 1. The fourth-order valence-electron chi connectivity index (χ4n) is 2.46. The molecule has 0 radical (unpaired) electrons. The lowest BCUT2D eigenvalue weighted by atomic mass is 10.2. The highest BCUT2D eigenvalue weighted by atomic mass is 16.5. The molecule has 0 aromatic carbocycles. The second-order valence-electron chi connectivity index (χ2n) is 4.59. The van der Waals surface area contributed by atoms with Crippen LogP contribution in [0.25, 0.3) is 11.1 Å². The van der Waals surface area contributed by atoms with E-state index in [1.54, 1.807) is 4.68 Å². The summed E-state index contributed by atoms with van der Waals surface area (Å²) >= 11 is 0. The number of aromatic nitrogens is 3. The number of aromatic amines is 1. The van der Waals surface area contributed by atoms with Gasteiger partial charge >= 0.3 is 5.76 Å². The Morgan fingerprint density at radius 3 is 2.95 bits per heavy atom. The van der Waals surface area contributed by atoms with Crippen molar-refractivity contribution in [2.75, 3.05) is 6.61 Å². The fraction of sp³-hybridized carbons (Fsp3) is 0.583. The highest BCUT2D eigenvalue weighted by molar-refractivity contribution is 5.73. The fourth-order valence-corrected chi connectivity index (χ4v) is 2.46. The largest absolute Gasteiger partial charge is 0.419 e. The third kappa shape index (κ3) is 1.99. The second-order valence-corrected chi connectivity index (χ2v) is 4.59. The average Bonchev–Trinajstić information content (AvgIpc) is 2.78. The highest BCUT2D eigenvalue weighted by Crippen LogP contribution is 2.26. The summed E-state index contributed by atoms with van der Waals surface area (Å²) in [5.74, 6) is -0.753. The lowest BCUT2D eigenvalue weighted by Crippen LogP contribution is -2.21. The number of aryl methyl sites for hydroxylation is 1. The Hall–Kier alpha value is -1.89. The number of nitrogens with zero attached hydrogens (tertiary/aromatic N) is 2. The summed E-state index contributed by atoms with van der Waals surface area (Å²) in [7, 11) is 0.